The van der Waals surface area contributed by atoms with E-state index in [1.54, 1.807) is 0 Å². The van der Waals surface area contributed by atoms with Crippen molar-refractivity contribution in [2.24, 2.45) is 5.92 Å². The highest BCUT2D eigenvalue weighted by Crippen LogP contribution is 2.43. The van der Waals surface area contributed by atoms with Crippen molar-refractivity contribution in [1.82, 2.24) is 0 Å². The molecule has 0 amide bonds. The number of hydrogen-bond donors (Lipinski definition) is 7. The van der Waals surface area contributed by atoms with Crippen LogP contribution in [0.5, 0.6) is 0 Å². The number of ether oxygens (including phenoxy) is 3. The Balaban J connectivity index is 2.87. The molecular weight excluding hydrogens is 448 g/mol. The summed E-state index contributed by atoms with van der Waals surface area (Å²) in [6.45, 7) is 3.50. The van der Waals surface area contributed by atoms with Crippen LogP contribution in [-0.2, 0) is 14.2 Å². The molecule has 1 fully saturated rings. The van der Waals surface area contributed by atoms with E-state index in [1.165, 1.54) is 0 Å². The van der Waals surface area contributed by atoms with Crippen molar-refractivity contribution in [2.45, 2.75) is 114 Å². The molecule has 0 radical (unpaired) electrons. The number of unbranched alkanes of at least 4 members (excludes halogenated alkanes) is 6. The molecule has 204 valence electrons. The van der Waals surface area contributed by atoms with Crippen molar-refractivity contribution >= 4 is 0 Å². The van der Waals surface area contributed by atoms with Crippen molar-refractivity contribution in [2.75, 3.05) is 33.0 Å². The molecule has 7 atom stereocenters. The fraction of sp³-hybridized carbons (Fsp3) is 1.00. The molecule has 7 N–H and O–H groups in total. The molecule has 1 rings (SSSR count). The summed E-state index contributed by atoms with van der Waals surface area (Å²) in [5.74, 6) is -3.42. The minimum absolute atomic E-state index is 0.00451. The maximum absolute atomic E-state index is 11.4. The molecule has 0 saturated carbocycles. The summed E-state index contributed by atoms with van der Waals surface area (Å²) in [5.41, 5.74) is -2.52. The molecule has 1 saturated heterocycles. The highest BCUT2D eigenvalue weighted by molar-refractivity contribution is 5.07. The quantitative estimate of drug-likeness (QED) is 0.0982. The molecule has 34 heavy (non-hydrogen) atoms. The lowest BCUT2D eigenvalue weighted by atomic mass is 9.76. The van der Waals surface area contributed by atoms with Crippen LogP contribution in [0, 0.1) is 5.92 Å². The lowest BCUT2D eigenvalue weighted by Crippen LogP contribution is -2.76. The van der Waals surface area contributed by atoms with Gasteiger partial charge in [0, 0.05) is 13.2 Å². The van der Waals surface area contributed by atoms with Crippen LogP contribution in [-0.4, -0.2) is 105 Å². The third kappa shape index (κ3) is 8.92. The smallest absolute Gasteiger partial charge is 0.229 e. The maximum Gasteiger partial charge on any atom is 0.229 e. The van der Waals surface area contributed by atoms with Gasteiger partial charge in [-0.05, 0) is 31.6 Å². The van der Waals surface area contributed by atoms with Gasteiger partial charge in [-0.15, -0.1) is 0 Å². The first-order valence-corrected chi connectivity index (χ1v) is 12.8. The molecule has 0 aliphatic carbocycles. The van der Waals surface area contributed by atoms with Gasteiger partial charge < -0.3 is 50.0 Å². The summed E-state index contributed by atoms with van der Waals surface area (Å²) < 4.78 is 16.1. The molecular formula is C24H48O10. The first-order chi connectivity index (χ1) is 16.2. The Kier molecular flexibility index (Phi) is 15.2. The van der Waals surface area contributed by atoms with Crippen LogP contribution < -0.4 is 0 Å². The van der Waals surface area contributed by atoms with Crippen LogP contribution in [0.15, 0.2) is 0 Å². The number of aliphatic hydroxyl groups is 7. The second-order valence-corrected chi connectivity index (χ2v) is 9.46. The average Bonchev–Trinajstić information content (AvgIpc) is 2.82. The van der Waals surface area contributed by atoms with Crippen molar-refractivity contribution in [3.05, 3.63) is 0 Å². The second-order valence-electron chi connectivity index (χ2n) is 9.46. The molecule has 10 heteroatoms. The lowest BCUT2D eigenvalue weighted by molar-refractivity contribution is -0.435. The zero-order valence-electron chi connectivity index (χ0n) is 20.8. The van der Waals surface area contributed by atoms with Crippen molar-refractivity contribution in [3.8, 4) is 0 Å². The first-order valence-electron chi connectivity index (χ1n) is 12.8. The molecule has 0 spiro atoms. The van der Waals surface area contributed by atoms with E-state index >= 15 is 0 Å². The van der Waals surface area contributed by atoms with E-state index < -0.39 is 61.5 Å². The maximum atomic E-state index is 11.4. The number of rotatable bonds is 19. The molecule has 1 aliphatic rings. The highest BCUT2D eigenvalue weighted by Gasteiger charge is 2.66. The Hall–Kier alpha value is -0.400. The van der Waals surface area contributed by atoms with Gasteiger partial charge >= 0.3 is 0 Å². The third-order valence-corrected chi connectivity index (χ3v) is 6.50. The fourth-order valence-corrected chi connectivity index (χ4v) is 4.33. The summed E-state index contributed by atoms with van der Waals surface area (Å²) in [7, 11) is 0. The van der Waals surface area contributed by atoms with Gasteiger partial charge in [-0.1, -0.05) is 52.4 Å². The van der Waals surface area contributed by atoms with Crippen LogP contribution in [0.4, 0.5) is 0 Å². The van der Waals surface area contributed by atoms with Crippen LogP contribution >= 0.6 is 0 Å². The molecule has 0 aromatic rings. The molecule has 10 nitrogen and oxygen atoms in total. The van der Waals surface area contributed by atoms with Crippen molar-refractivity contribution in [1.29, 1.82) is 0 Å². The Bertz CT molecular complexity index is 524. The molecule has 0 aromatic carbocycles. The van der Waals surface area contributed by atoms with Crippen LogP contribution in [0.2, 0.25) is 0 Å². The van der Waals surface area contributed by atoms with E-state index in [9.17, 15) is 35.7 Å². The standard InChI is InChI=1S/C24H48O10/c1-3-5-7-8-9-10-12-33-24(31)21(28)20(16-26)34-22(29)23(24,30)14-18(15-25)13-19(27)17-32-11-6-4-2/h18-22,25-31H,3-17H2,1-2H3/t18?,19?,20-,21-,22-,23+,24-/m1/s1. The Morgan fingerprint density at radius 2 is 1.56 bits per heavy atom. The van der Waals surface area contributed by atoms with E-state index in [-0.39, 0.29) is 19.6 Å². The zero-order chi connectivity index (χ0) is 25.6. The number of hydrogen-bond acceptors (Lipinski definition) is 10. The van der Waals surface area contributed by atoms with Crippen molar-refractivity contribution < 1.29 is 50.0 Å². The normalized spacial score (nSPS) is 31.5. The second kappa shape index (κ2) is 16.4. The van der Waals surface area contributed by atoms with Crippen LogP contribution in [0.25, 0.3) is 0 Å². The first kappa shape index (κ1) is 31.6. The van der Waals surface area contributed by atoms with Gasteiger partial charge in [0.1, 0.15) is 12.2 Å². The van der Waals surface area contributed by atoms with E-state index in [0.29, 0.717) is 13.0 Å². The summed E-state index contributed by atoms with van der Waals surface area (Å²) in [6.07, 6.45) is 0.912. The summed E-state index contributed by atoms with van der Waals surface area (Å²) >= 11 is 0. The summed E-state index contributed by atoms with van der Waals surface area (Å²) in [5, 5.41) is 73.5. The predicted molar refractivity (Wildman–Crippen MR) is 125 cm³/mol. The zero-order valence-corrected chi connectivity index (χ0v) is 20.8. The minimum atomic E-state index is -2.66. The SMILES string of the molecule is CCCCCCCCO[C@]1(O)[C@H](O)[C@@H](CO)O[C@@H](O)[C@@]1(O)CC(CO)CC(O)COCCCC. The van der Waals surface area contributed by atoms with Gasteiger partial charge in [-0.3, -0.25) is 0 Å². The molecule has 0 aromatic heterocycles. The van der Waals surface area contributed by atoms with Gasteiger partial charge in [0.15, 0.2) is 11.9 Å². The van der Waals surface area contributed by atoms with Gasteiger partial charge in [0.2, 0.25) is 5.79 Å². The Morgan fingerprint density at radius 1 is 0.912 bits per heavy atom. The van der Waals surface area contributed by atoms with E-state index in [0.717, 1.165) is 44.9 Å². The Labute approximate surface area is 203 Å². The molecule has 1 heterocycles. The topological polar surface area (TPSA) is 169 Å². The van der Waals surface area contributed by atoms with Gasteiger partial charge in [0.05, 0.1) is 25.9 Å². The monoisotopic (exact) mass is 496 g/mol. The third-order valence-electron chi connectivity index (χ3n) is 6.50. The molecule has 2 unspecified atom stereocenters. The number of aliphatic hydroxyl groups excluding tert-OH is 5. The molecule has 1 aliphatic heterocycles. The highest BCUT2D eigenvalue weighted by atomic mass is 16.7. The van der Waals surface area contributed by atoms with Gasteiger partial charge in [-0.25, -0.2) is 0 Å². The van der Waals surface area contributed by atoms with E-state index in [4.69, 9.17) is 14.2 Å². The van der Waals surface area contributed by atoms with Gasteiger partial charge in [0.25, 0.3) is 0 Å². The largest absolute Gasteiger partial charge is 0.396 e. The Morgan fingerprint density at radius 3 is 2.18 bits per heavy atom. The molecule has 0 bridgehead atoms. The lowest BCUT2D eigenvalue weighted by Gasteiger charge is -2.53. The summed E-state index contributed by atoms with van der Waals surface area (Å²) in [6, 6.07) is 0. The van der Waals surface area contributed by atoms with E-state index in [2.05, 4.69) is 6.92 Å². The average molecular weight is 497 g/mol. The van der Waals surface area contributed by atoms with E-state index in [1.807, 2.05) is 6.92 Å². The summed E-state index contributed by atoms with van der Waals surface area (Å²) in [4.78, 5) is 0. The van der Waals surface area contributed by atoms with Crippen LogP contribution in [0.1, 0.15) is 78.1 Å². The van der Waals surface area contributed by atoms with Gasteiger partial charge in [-0.2, -0.15) is 0 Å². The van der Waals surface area contributed by atoms with Crippen LogP contribution in [0.3, 0.4) is 0 Å². The predicted octanol–water partition coefficient (Wildman–Crippen LogP) is 0.420. The van der Waals surface area contributed by atoms with Crippen molar-refractivity contribution in [3.63, 3.8) is 0 Å². The fourth-order valence-electron chi connectivity index (χ4n) is 4.33. The minimum Gasteiger partial charge on any atom is -0.396 e.